The maximum absolute atomic E-state index is 8.62. The molecule has 13 heavy (non-hydrogen) atoms. The maximum atomic E-state index is 8.62. The highest BCUT2D eigenvalue weighted by molar-refractivity contribution is 7.12. The van der Waals surface area contributed by atoms with Gasteiger partial charge in [0.25, 0.3) is 0 Å². The zero-order chi connectivity index (χ0) is 9.68. The minimum absolute atomic E-state index is 0.267. The van der Waals surface area contributed by atoms with Crippen LogP contribution >= 0.6 is 11.3 Å². The first kappa shape index (κ1) is 10.7. The highest BCUT2D eigenvalue weighted by Crippen LogP contribution is 2.21. The van der Waals surface area contributed by atoms with Gasteiger partial charge in [-0.25, -0.2) is 0 Å². The van der Waals surface area contributed by atoms with Gasteiger partial charge in [-0.1, -0.05) is 0 Å². The van der Waals surface area contributed by atoms with Crippen molar-refractivity contribution in [3.05, 3.63) is 21.9 Å². The van der Waals surface area contributed by atoms with Crippen LogP contribution in [0.5, 0.6) is 0 Å². The smallest absolute Gasteiger partial charge is 0.0443 e. The van der Waals surface area contributed by atoms with Crippen molar-refractivity contribution in [1.82, 2.24) is 5.32 Å². The lowest BCUT2D eigenvalue weighted by molar-refractivity contribution is 0.284. The molecule has 1 rings (SSSR count). The van der Waals surface area contributed by atoms with Crippen molar-refractivity contribution in [2.24, 2.45) is 0 Å². The molecule has 2 nitrogen and oxygen atoms in total. The lowest BCUT2D eigenvalue weighted by Gasteiger charge is -2.10. The molecule has 3 heteroatoms. The predicted molar refractivity (Wildman–Crippen MR) is 57.2 cm³/mol. The summed E-state index contributed by atoms with van der Waals surface area (Å²) in [4.78, 5) is 2.72. The first-order valence-corrected chi connectivity index (χ1v) is 5.46. The molecule has 0 amide bonds. The average molecular weight is 199 g/mol. The van der Waals surface area contributed by atoms with Gasteiger partial charge in [0.1, 0.15) is 0 Å². The van der Waals surface area contributed by atoms with E-state index in [2.05, 4.69) is 31.3 Å². The Hall–Kier alpha value is -0.380. The first-order chi connectivity index (χ1) is 6.24. The summed E-state index contributed by atoms with van der Waals surface area (Å²) in [6.45, 7) is 5.43. The van der Waals surface area contributed by atoms with E-state index in [1.165, 1.54) is 9.75 Å². The number of aliphatic hydroxyl groups is 1. The molecule has 0 fully saturated rings. The number of aliphatic hydroxyl groups excluding tert-OH is 1. The molecular formula is C10H17NOS. The highest BCUT2D eigenvalue weighted by atomic mass is 32.1. The van der Waals surface area contributed by atoms with Crippen molar-refractivity contribution in [2.45, 2.75) is 26.3 Å². The fourth-order valence-electron chi connectivity index (χ4n) is 1.18. The molecule has 0 radical (unpaired) electrons. The third-order valence-electron chi connectivity index (χ3n) is 1.97. The lowest BCUT2D eigenvalue weighted by atomic mass is 10.2. The Labute approximate surface area is 83.6 Å². The van der Waals surface area contributed by atoms with Crippen LogP contribution in [0.4, 0.5) is 0 Å². The third-order valence-corrected chi connectivity index (χ3v) is 3.16. The Morgan fingerprint density at radius 3 is 2.85 bits per heavy atom. The van der Waals surface area contributed by atoms with Gasteiger partial charge in [0, 0.05) is 22.4 Å². The molecule has 74 valence electrons. The van der Waals surface area contributed by atoms with E-state index < -0.39 is 0 Å². The molecule has 0 saturated heterocycles. The summed E-state index contributed by atoms with van der Waals surface area (Å²) in [6.07, 6.45) is 0.828. The van der Waals surface area contributed by atoms with Gasteiger partial charge in [-0.05, 0) is 38.9 Å². The molecule has 1 unspecified atom stereocenters. The number of rotatable bonds is 5. The second-order valence-corrected chi connectivity index (χ2v) is 4.52. The topological polar surface area (TPSA) is 32.3 Å². The number of hydrogen-bond donors (Lipinski definition) is 2. The van der Waals surface area contributed by atoms with Crippen molar-refractivity contribution >= 4 is 11.3 Å². The Bertz CT molecular complexity index is 247. The Morgan fingerprint density at radius 1 is 1.54 bits per heavy atom. The molecule has 1 atom stereocenters. The molecule has 0 bridgehead atoms. The van der Waals surface area contributed by atoms with Gasteiger partial charge in [0.15, 0.2) is 0 Å². The standard InChI is InChI=1S/C10H17NOS/c1-8-4-5-10(13-8)9(2)11-6-3-7-12/h4-5,9,11-12H,3,6-7H2,1-2H3. The van der Waals surface area contributed by atoms with Crippen LogP contribution in [0, 0.1) is 6.92 Å². The molecule has 0 aliphatic heterocycles. The summed E-state index contributed by atoms with van der Waals surface area (Å²) in [6, 6.07) is 4.71. The fraction of sp³-hybridized carbons (Fsp3) is 0.600. The Balaban J connectivity index is 2.35. The van der Waals surface area contributed by atoms with Gasteiger partial charge in [0.05, 0.1) is 0 Å². The van der Waals surface area contributed by atoms with Crippen molar-refractivity contribution in [3.63, 3.8) is 0 Å². The summed E-state index contributed by atoms with van der Waals surface area (Å²) in [5.74, 6) is 0. The van der Waals surface area contributed by atoms with Gasteiger partial charge >= 0.3 is 0 Å². The van der Waals surface area contributed by atoms with Gasteiger partial charge in [0.2, 0.25) is 0 Å². The monoisotopic (exact) mass is 199 g/mol. The molecule has 0 aliphatic rings. The van der Waals surface area contributed by atoms with E-state index in [4.69, 9.17) is 5.11 Å². The zero-order valence-electron chi connectivity index (χ0n) is 8.21. The van der Waals surface area contributed by atoms with Crippen LogP contribution < -0.4 is 5.32 Å². The van der Waals surface area contributed by atoms with Crippen LogP contribution in [0.1, 0.15) is 29.1 Å². The molecule has 0 saturated carbocycles. The average Bonchev–Trinajstić information content (AvgIpc) is 2.52. The van der Waals surface area contributed by atoms with E-state index in [9.17, 15) is 0 Å². The summed E-state index contributed by atoms with van der Waals surface area (Å²) in [5, 5.41) is 12.0. The quantitative estimate of drug-likeness (QED) is 0.712. The first-order valence-electron chi connectivity index (χ1n) is 4.64. The van der Waals surface area contributed by atoms with Crippen LogP contribution in [0.3, 0.4) is 0 Å². The SMILES string of the molecule is Cc1ccc(C(C)NCCCO)s1. The van der Waals surface area contributed by atoms with E-state index in [1.807, 2.05) is 11.3 Å². The van der Waals surface area contributed by atoms with Crippen molar-refractivity contribution in [3.8, 4) is 0 Å². The summed E-state index contributed by atoms with van der Waals surface area (Å²) in [7, 11) is 0. The number of hydrogen-bond acceptors (Lipinski definition) is 3. The molecule has 1 heterocycles. The molecule has 1 aromatic rings. The van der Waals surface area contributed by atoms with Gasteiger partial charge in [-0.3, -0.25) is 0 Å². The van der Waals surface area contributed by atoms with E-state index in [0.29, 0.717) is 6.04 Å². The second-order valence-electron chi connectivity index (χ2n) is 3.20. The van der Waals surface area contributed by atoms with Crippen molar-refractivity contribution in [1.29, 1.82) is 0 Å². The van der Waals surface area contributed by atoms with Crippen LogP contribution in [-0.4, -0.2) is 18.3 Å². The maximum Gasteiger partial charge on any atom is 0.0443 e. The predicted octanol–water partition coefficient (Wildman–Crippen LogP) is 2.09. The number of aryl methyl sites for hydroxylation is 1. The van der Waals surface area contributed by atoms with Crippen molar-refractivity contribution < 1.29 is 5.11 Å². The van der Waals surface area contributed by atoms with Crippen LogP contribution in [0.2, 0.25) is 0 Å². The van der Waals surface area contributed by atoms with Crippen LogP contribution in [0.25, 0.3) is 0 Å². The number of thiophene rings is 1. The van der Waals surface area contributed by atoms with Crippen LogP contribution in [-0.2, 0) is 0 Å². The van der Waals surface area contributed by atoms with Gasteiger partial charge in [-0.2, -0.15) is 0 Å². The molecule has 2 N–H and O–H groups in total. The van der Waals surface area contributed by atoms with Crippen molar-refractivity contribution in [2.75, 3.05) is 13.2 Å². The minimum atomic E-state index is 0.267. The third kappa shape index (κ3) is 3.46. The molecule has 1 aromatic heterocycles. The van der Waals surface area contributed by atoms with Crippen LogP contribution in [0.15, 0.2) is 12.1 Å². The normalized spacial score (nSPS) is 13.2. The molecule has 0 spiro atoms. The highest BCUT2D eigenvalue weighted by Gasteiger charge is 2.05. The largest absolute Gasteiger partial charge is 0.396 e. The van der Waals surface area contributed by atoms with Gasteiger partial charge in [-0.15, -0.1) is 11.3 Å². The summed E-state index contributed by atoms with van der Waals surface area (Å²) in [5.41, 5.74) is 0. The zero-order valence-corrected chi connectivity index (χ0v) is 9.03. The summed E-state index contributed by atoms with van der Waals surface area (Å²) >= 11 is 1.83. The van der Waals surface area contributed by atoms with Gasteiger partial charge < -0.3 is 10.4 Å². The fourth-order valence-corrected chi connectivity index (χ4v) is 2.09. The lowest BCUT2D eigenvalue weighted by Crippen LogP contribution is -2.19. The molecular weight excluding hydrogens is 182 g/mol. The van der Waals surface area contributed by atoms with E-state index >= 15 is 0 Å². The minimum Gasteiger partial charge on any atom is -0.396 e. The second kappa shape index (κ2) is 5.37. The Morgan fingerprint density at radius 2 is 2.31 bits per heavy atom. The molecule has 0 aromatic carbocycles. The van der Waals surface area contributed by atoms with E-state index in [1.54, 1.807) is 0 Å². The van der Waals surface area contributed by atoms with E-state index in [0.717, 1.165) is 13.0 Å². The van der Waals surface area contributed by atoms with E-state index in [-0.39, 0.29) is 6.61 Å². The molecule has 0 aliphatic carbocycles. The summed E-state index contributed by atoms with van der Waals surface area (Å²) < 4.78 is 0. The Kier molecular flexibility index (Phi) is 4.42. The number of nitrogens with one attached hydrogen (secondary N) is 1.